The molecule has 3 aromatic rings. The molecule has 1 atom stereocenters. The first-order chi connectivity index (χ1) is 11.2. The number of nitrogens with zero attached hydrogens (tertiary/aromatic N) is 5. The van der Waals surface area contributed by atoms with Crippen molar-refractivity contribution in [1.82, 2.24) is 20.2 Å². The van der Waals surface area contributed by atoms with Gasteiger partial charge in [0.2, 0.25) is 0 Å². The molecule has 0 spiro atoms. The van der Waals surface area contributed by atoms with Crippen molar-refractivity contribution in [1.29, 1.82) is 0 Å². The number of hydrogen-bond donors (Lipinski definition) is 1. The Kier molecular flexibility index (Phi) is 3.14. The van der Waals surface area contributed by atoms with E-state index >= 15 is 0 Å². The molecule has 8 nitrogen and oxygen atoms in total. The van der Waals surface area contributed by atoms with Gasteiger partial charge in [0.15, 0.2) is 0 Å². The zero-order valence-corrected chi connectivity index (χ0v) is 12.2. The van der Waals surface area contributed by atoms with E-state index in [2.05, 4.69) is 25.1 Å². The lowest BCUT2D eigenvalue weighted by Gasteiger charge is -2.19. The summed E-state index contributed by atoms with van der Waals surface area (Å²) in [7, 11) is 0. The Bertz CT molecular complexity index is 864. The average molecular weight is 310 g/mol. The number of nitrogens with one attached hydrogen (secondary N) is 1. The van der Waals surface area contributed by atoms with Gasteiger partial charge in [-0.3, -0.25) is 20.2 Å². The SMILES string of the molecule is O=[N+]([O-])c1ccc(N2CC[C@H](c3ncn[nH]3)C2)c2ncccc12. The molecule has 1 aliphatic heterocycles. The number of aromatic amines is 1. The predicted octanol–water partition coefficient (Wildman–Crippen LogP) is 2.25. The van der Waals surface area contributed by atoms with E-state index in [9.17, 15) is 10.1 Å². The molecule has 1 aliphatic rings. The second kappa shape index (κ2) is 5.31. The number of rotatable bonds is 3. The molecule has 116 valence electrons. The van der Waals surface area contributed by atoms with Gasteiger partial charge in [0.1, 0.15) is 17.7 Å². The number of non-ortho nitro benzene ring substituents is 1. The van der Waals surface area contributed by atoms with Crippen LogP contribution < -0.4 is 4.90 Å². The lowest BCUT2D eigenvalue weighted by Crippen LogP contribution is -2.20. The van der Waals surface area contributed by atoms with Crippen LogP contribution in [0, 0.1) is 10.1 Å². The van der Waals surface area contributed by atoms with E-state index in [4.69, 9.17) is 0 Å². The Morgan fingerprint density at radius 1 is 1.30 bits per heavy atom. The maximum Gasteiger partial charge on any atom is 0.278 e. The minimum atomic E-state index is -0.366. The fourth-order valence-electron chi connectivity index (χ4n) is 3.17. The third kappa shape index (κ3) is 2.28. The normalized spacial score (nSPS) is 17.7. The molecular formula is C15H14N6O2. The molecule has 1 aromatic carbocycles. The molecule has 1 fully saturated rings. The molecule has 2 aromatic heterocycles. The number of aromatic nitrogens is 4. The molecular weight excluding hydrogens is 296 g/mol. The van der Waals surface area contributed by atoms with Gasteiger partial charge in [-0.1, -0.05) is 0 Å². The molecule has 0 unspecified atom stereocenters. The summed E-state index contributed by atoms with van der Waals surface area (Å²) < 4.78 is 0. The average Bonchev–Trinajstić information content (AvgIpc) is 3.24. The highest BCUT2D eigenvalue weighted by atomic mass is 16.6. The third-order valence-electron chi connectivity index (χ3n) is 4.27. The topological polar surface area (TPSA) is 101 Å². The minimum absolute atomic E-state index is 0.0860. The molecule has 4 rings (SSSR count). The molecule has 0 radical (unpaired) electrons. The first kappa shape index (κ1) is 13.6. The first-order valence-corrected chi connectivity index (χ1v) is 7.36. The summed E-state index contributed by atoms with van der Waals surface area (Å²) in [6.07, 6.45) is 4.14. The first-order valence-electron chi connectivity index (χ1n) is 7.36. The summed E-state index contributed by atoms with van der Waals surface area (Å²) in [6.45, 7) is 1.65. The Morgan fingerprint density at radius 2 is 2.22 bits per heavy atom. The van der Waals surface area contributed by atoms with Crippen molar-refractivity contribution in [2.75, 3.05) is 18.0 Å². The van der Waals surface area contributed by atoms with E-state index in [1.807, 2.05) is 0 Å². The Balaban J connectivity index is 1.73. The highest BCUT2D eigenvalue weighted by Crippen LogP contribution is 2.35. The van der Waals surface area contributed by atoms with Gasteiger partial charge in [-0.05, 0) is 24.6 Å². The van der Waals surface area contributed by atoms with Crippen molar-refractivity contribution >= 4 is 22.3 Å². The van der Waals surface area contributed by atoms with E-state index < -0.39 is 0 Å². The zero-order valence-electron chi connectivity index (χ0n) is 12.2. The van der Waals surface area contributed by atoms with Gasteiger partial charge in [0, 0.05) is 31.3 Å². The number of nitro benzene ring substituents is 1. The second-order valence-corrected chi connectivity index (χ2v) is 5.56. The zero-order chi connectivity index (χ0) is 15.8. The van der Waals surface area contributed by atoms with Gasteiger partial charge in [0.05, 0.1) is 16.0 Å². The van der Waals surface area contributed by atoms with E-state index in [0.29, 0.717) is 10.9 Å². The lowest BCUT2D eigenvalue weighted by atomic mass is 10.1. The van der Waals surface area contributed by atoms with Crippen LogP contribution in [-0.4, -0.2) is 38.2 Å². The van der Waals surface area contributed by atoms with Crippen molar-refractivity contribution in [3.05, 3.63) is 52.7 Å². The van der Waals surface area contributed by atoms with E-state index in [0.717, 1.165) is 31.0 Å². The summed E-state index contributed by atoms with van der Waals surface area (Å²) in [6, 6.07) is 6.81. The molecule has 0 aliphatic carbocycles. The largest absolute Gasteiger partial charge is 0.369 e. The number of anilines is 1. The predicted molar refractivity (Wildman–Crippen MR) is 84.4 cm³/mol. The van der Waals surface area contributed by atoms with Gasteiger partial charge in [-0.25, -0.2) is 4.98 Å². The van der Waals surface area contributed by atoms with Crippen molar-refractivity contribution in [3.63, 3.8) is 0 Å². The monoisotopic (exact) mass is 310 g/mol. The summed E-state index contributed by atoms with van der Waals surface area (Å²) in [5.41, 5.74) is 1.68. The second-order valence-electron chi connectivity index (χ2n) is 5.56. The number of pyridine rings is 1. The fraction of sp³-hybridized carbons (Fsp3) is 0.267. The Labute approximate surface area is 131 Å². The molecule has 1 N–H and O–H groups in total. The number of H-pyrrole nitrogens is 1. The van der Waals surface area contributed by atoms with Gasteiger partial charge < -0.3 is 4.90 Å². The van der Waals surface area contributed by atoms with Crippen LogP contribution >= 0.6 is 0 Å². The fourth-order valence-corrected chi connectivity index (χ4v) is 3.17. The van der Waals surface area contributed by atoms with Crippen molar-refractivity contribution in [2.45, 2.75) is 12.3 Å². The highest BCUT2D eigenvalue weighted by molar-refractivity contribution is 5.97. The van der Waals surface area contributed by atoms with Crippen LogP contribution in [0.5, 0.6) is 0 Å². The molecule has 23 heavy (non-hydrogen) atoms. The maximum absolute atomic E-state index is 11.2. The smallest absolute Gasteiger partial charge is 0.278 e. The summed E-state index contributed by atoms with van der Waals surface area (Å²) in [4.78, 5) is 21.6. The number of hydrogen-bond acceptors (Lipinski definition) is 6. The number of benzene rings is 1. The van der Waals surface area contributed by atoms with Crippen molar-refractivity contribution < 1.29 is 4.92 Å². The van der Waals surface area contributed by atoms with Crippen LogP contribution in [0.3, 0.4) is 0 Å². The molecule has 0 saturated carbocycles. The van der Waals surface area contributed by atoms with Gasteiger partial charge >= 0.3 is 0 Å². The Hall–Kier alpha value is -3.03. The molecule has 1 saturated heterocycles. The summed E-state index contributed by atoms with van der Waals surface area (Å²) >= 11 is 0. The molecule has 3 heterocycles. The van der Waals surface area contributed by atoms with Crippen LogP contribution in [0.2, 0.25) is 0 Å². The minimum Gasteiger partial charge on any atom is -0.369 e. The Morgan fingerprint density at radius 3 is 3.00 bits per heavy atom. The van der Waals surface area contributed by atoms with Crippen LogP contribution in [0.15, 0.2) is 36.8 Å². The molecule has 8 heteroatoms. The third-order valence-corrected chi connectivity index (χ3v) is 4.27. The number of fused-ring (bicyclic) bond motifs is 1. The van der Waals surface area contributed by atoms with Crippen LogP contribution in [-0.2, 0) is 0 Å². The van der Waals surface area contributed by atoms with Crippen molar-refractivity contribution in [3.8, 4) is 0 Å². The van der Waals surface area contributed by atoms with Crippen molar-refractivity contribution in [2.24, 2.45) is 0 Å². The van der Waals surface area contributed by atoms with Crippen LogP contribution in [0.1, 0.15) is 18.2 Å². The molecule has 0 amide bonds. The summed E-state index contributed by atoms with van der Waals surface area (Å²) in [5.74, 6) is 1.16. The highest BCUT2D eigenvalue weighted by Gasteiger charge is 2.28. The summed E-state index contributed by atoms with van der Waals surface area (Å²) in [5, 5.41) is 18.6. The van der Waals surface area contributed by atoms with E-state index in [1.54, 1.807) is 30.5 Å². The van der Waals surface area contributed by atoms with E-state index in [1.165, 1.54) is 6.33 Å². The van der Waals surface area contributed by atoms with E-state index in [-0.39, 0.29) is 16.5 Å². The van der Waals surface area contributed by atoms with Gasteiger partial charge in [0.25, 0.3) is 5.69 Å². The van der Waals surface area contributed by atoms with Crippen LogP contribution in [0.4, 0.5) is 11.4 Å². The van der Waals surface area contributed by atoms with Crippen LogP contribution in [0.25, 0.3) is 10.9 Å². The van der Waals surface area contributed by atoms with Gasteiger partial charge in [-0.15, -0.1) is 0 Å². The van der Waals surface area contributed by atoms with Gasteiger partial charge in [-0.2, -0.15) is 5.10 Å². The number of nitro groups is 1. The standard InChI is InChI=1S/C15H14N6O2/c22-21(23)12-3-4-13(14-11(12)2-1-6-16-14)20-7-5-10(8-20)15-17-9-18-19-15/h1-4,6,9-10H,5,7-8H2,(H,17,18,19)/t10-/m0/s1. The quantitative estimate of drug-likeness (QED) is 0.588. The molecule has 0 bridgehead atoms. The maximum atomic E-state index is 11.2. The lowest BCUT2D eigenvalue weighted by molar-refractivity contribution is -0.383.